The van der Waals surface area contributed by atoms with E-state index in [2.05, 4.69) is 11.1 Å². The molecule has 0 aliphatic rings. The van der Waals surface area contributed by atoms with E-state index in [0.29, 0.717) is 4.99 Å². The largest absolute Gasteiger partial charge is 0.389 e. The number of nitrogens with two attached hydrogens (primary N) is 1. The van der Waals surface area contributed by atoms with Crippen molar-refractivity contribution in [3.8, 4) is 5.69 Å². The van der Waals surface area contributed by atoms with E-state index < -0.39 is 0 Å². The Labute approximate surface area is 116 Å². The predicted octanol–water partition coefficient (Wildman–Crippen LogP) is 2.97. The van der Waals surface area contributed by atoms with Crippen molar-refractivity contribution in [2.45, 2.75) is 6.92 Å². The molecule has 4 heteroatoms. The lowest BCUT2D eigenvalue weighted by Gasteiger charge is -2.11. The van der Waals surface area contributed by atoms with Crippen molar-refractivity contribution in [1.82, 2.24) is 9.55 Å². The highest BCUT2D eigenvalue weighted by molar-refractivity contribution is 7.80. The van der Waals surface area contributed by atoms with E-state index in [-0.39, 0.29) is 0 Å². The van der Waals surface area contributed by atoms with Gasteiger partial charge in [-0.05, 0) is 36.8 Å². The molecule has 2 aromatic carbocycles. The maximum atomic E-state index is 5.81. The van der Waals surface area contributed by atoms with Crippen LogP contribution in [0.2, 0.25) is 0 Å². The number of hydrogen-bond donors (Lipinski definition) is 1. The van der Waals surface area contributed by atoms with Crippen molar-refractivity contribution < 1.29 is 0 Å². The first-order chi connectivity index (χ1) is 9.16. The van der Waals surface area contributed by atoms with Crippen molar-refractivity contribution in [3.05, 3.63) is 59.9 Å². The second kappa shape index (κ2) is 4.48. The predicted molar refractivity (Wildman–Crippen MR) is 81.7 cm³/mol. The van der Waals surface area contributed by atoms with Crippen LogP contribution in [0, 0.1) is 6.92 Å². The molecule has 0 amide bonds. The van der Waals surface area contributed by atoms with Crippen LogP contribution in [-0.2, 0) is 0 Å². The molecule has 0 saturated carbocycles. The molecule has 0 atom stereocenters. The van der Waals surface area contributed by atoms with E-state index in [1.165, 1.54) is 0 Å². The fourth-order valence-corrected chi connectivity index (χ4v) is 2.37. The van der Waals surface area contributed by atoms with Gasteiger partial charge in [-0.25, -0.2) is 4.98 Å². The summed E-state index contributed by atoms with van der Waals surface area (Å²) in [6.07, 6.45) is 1.81. The molecule has 0 bridgehead atoms. The Bertz CT molecular complexity index is 774. The Morgan fingerprint density at radius 2 is 2.00 bits per heavy atom. The van der Waals surface area contributed by atoms with Gasteiger partial charge in [0.15, 0.2) is 0 Å². The third-order valence-corrected chi connectivity index (χ3v) is 3.35. The topological polar surface area (TPSA) is 43.8 Å². The summed E-state index contributed by atoms with van der Waals surface area (Å²) in [7, 11) is 0. The first-order valence-electron chi connectivity index (χ1n) is 6.00. The number of rotatable bonds is 2. The van der Waals surface area contributed by atoms with Crippen LogP contribution in [0.5, 0.6) is 0 Å². The molecule has 3 aromatic rings. The quantitative estimate of drug-likeness (QED) is 0.726. The lowest BCUT2D eigenvalue weighted by atomic mass is 10.1. The molecule has 0 aliphatic carbocycles. The molecule has 3 nitrogen and oxygen atoms in total. The minimum Gasteiger partial charge on any atom is -0.389 e. The Kier molecular flexibility index (Phi) is 2.80. The van der Waals surface area contributed by atoms with E-state index in [4.69, 9.17) is 18.0 Å². The zero-order chi connectivity index (χ0) is 13.4. The number of benzene rings is 2. The standard InChI is InChI=1S/C15H13N3S/c1-10-6-7-11(15(16)19)14(8-10)18-9-17-12-4-2-3-5-13(12)18/h2-9H,1H3,(H2,16,19). The normalized spacial score (nSPS) is 10.8. The smallest absolute Gasteiger partial charge is 0.106 e. The van der Waals surface area contributed by atoms with Crippen LogP contribution in [0.1, 0.15) is 11.1 Å². The van der Waals surface area contributed by atoms with Crippen molar-refractivity contribution in [2.24, 2.45) is 5.73 Å². The van der Waals surface area contributed by atoms with Gasteiger partial charge < -0.3 is 5.73 Å². The molecule has 0 spiro atoms. The average Bonchev–Trinajstić information content (AvgIpc) is 2.82. The molecule has 3 rings (SSSR count). The number of para-hydroxylation sites is 2. The highest BCUT2D eigenvalue weighted by Crippen LogP contribution is 2.22. The van der Waals surface area contributed by atoms with Crippen LogP contribution in [-0.4, -0.2) is 14.5 Å². The van der Waals surface area contributed by atoms with Gasteiger partial charge in [0, 0.05) is 5.56 Å². The fourth-order valence-electron chi connectivity index (χ4n) is 2.20. The van der Waals surface area contributed by atoms with Crippen LogP contribution in [0.3, 0.4) is 0 Å². The van der Waals surface area contributed by atoms with E-state index >= 15 is 0 Å². The maximum absolute atomic E-state index is 5.81. The molecular weight excluding hydrogens is 254 g/mol. The number of imidazole rings is 1. The van der Waals surface area contributed by atoms with Gasteiger partial charge in [0.2, 0.25) is 0 Å². The number of fused-ring (bicyclic) bond motifs is 1. The van der Waals surface area contributed by atoms with Gasteiger partial charge >= 0.3 is 0 Å². The number of nitrogens with zero attached hydrogens (tertiary/aromatic N) is 2. The Morgan fingerprint density at radius 1 is 1.21 bits per heavy atom. The molecular formula is C15H13N3S. The highest BCUT2D eigenvalue weighted by atomic mass is 32.1. The van der Waals surface area contributed by atoms with Crippen LogP contribution >= 0.6 is 12.2 Å². The second-order valence-corrected chi connectivity index (χ2v) is 4.93. The van der Waals surface area contributed by atoms with E-state index in [9.17, 15) is 0 Å². The Morgan fingerprint density at radius 3 is 2.79 bits per heavy atom. The number of aromatic nitrogens is 2. The molecule has 0 saturated heterocycles. The summed E-state index contributed by atoms with van der Waals surface area (Å²) in [5.74, 6) is 0. The summed E-state index contributed by atoms with van der Waals surface area (Å²) < 4.78 is 2.02. The molecule has 0 fully saturated rings. The minimum absolute atomic E-state index is 0.396. The lowest BCUT2D eigenvalue weighted by Crippen LogP contribution is -2.13. The van der Waals surface area contributed by atoms with Crippen LogP contribution in [0.25, 0.3) is 16.7 Å². The van der Waals surface area contributed by atoms with Gasteiger partial charge in [-0.2, -0.15) is 0 Å². The molecule has 2 N–H and O–H groups in total. The minimum atomic E-state index is 0.396. The average molecular weight is 267 g/mol. The fraction of sp³-hybridized carbons (Fsp3) is 0.0667. The Balaban J connectivity index is 2.32. The third kappa shape index (κ3) is 2.00. The first-order valence-corrected chi connectivity index (χ1v) is 6.40. The molecule has 94 valence electrons. The lowest BCUT2D eigenvalue weighted by molar-refractivity contribution is 1.08. The first kappa shape index (κ1) is 11.9. The molecule has 0 aliphatic heterocycles. The SMILES string of the molecule is Cc1ccc(C(N)=S)c(-n2cnc3ccccc32)c1. The van der Waals surface area contributed by atoms with E-state index in [1.54, 1.807) is 6.33 Å². The number of aryl methyl sites for hydroxylation is 1. The highest BCUT2D eigenvalue weighted by Gasteiger charge is 2.10. The molecule has 19 heavy (non-hydrogen) atoms. The summed E-state index contributed by atoms with van der Waals surface area (Å²) in [4.78, 5) is 4.80. The Hall–Kier alpha value is -2.20. The van der Waals surface area contributed by atoms with Gasteiger partial charge in [0.05, 0.1) is 16.7 Å². The zero-order valence-corrected chi connectivity index (χ0v) is 11.3. The monoisotopic (exact) mass is 267 g/mol. The van der Waals surface area contributed by atoms with Gasteiger partial charge in [0.1, 0.15) is 11.3 Å². The molecule has 1 heterocycles. The maximum Gasteiger partial charge on any atom is 0.106 e. The number of hydrogen-bond acceptors (Lipinski definition) is 2. The second-order valence-electron chi connectivity index (χ2n) is 4.49. The molecule has 0 unspecified atom stereocenters. The van der Waals surface area contributed by atoms with Crippen molar-refractivity contribution in [2.75, 3.05) is 0 Å². The molecule has 0 radical (unpaired) electrons. The van der Waals surface area contributed by atoms with Gasteiger partial charge in [-0.1, -0.05) is 30.4 Å². The van der Waals surface area contributed by atoms with Gasteiger partial charge in [-0.3, -0.25) is 4.57 Å². The van der Waals surface area contributed by atoms with E-state index in [1.807, 2.05) is 47.9 Å². The summed E-state index contributed by atoms with van der Waals surface area (Å²) in [6, 6.07) is 14.0. The van der Waals surface area contributed by atoms with Crippen molar-refractivity contribution in [3.63, 3.8) is 0 Å². The summed E-state index contributed by atoms with van der Waals surface area (Å²) in [5.41, 5.74) is 10.8. The number of thiocarbonyl (C=S) groups is 1. The summed E-state index contributed by atoms with van der Waals surface area (Å²) in [6.45, 7) is 2.05. The van der Waals surface area contributed by atoms with Crippen LogP contribution in [0.15, 0.2) is 48.8 Å². The zero-order valence-electron chi connectivity index (χ0n) is 10.5. The molecule has 1 aromatic heterocycles. The van der Waals surface area contributed by atoms with Crippen LogP contribution in [0.4, 0.5) is 0 Å². The van der Waals surface area contributed by atoms with Crippen molar-refractivity contribution in [1.29, 1.82) is 0 Å². The van der Waals surface area contributed by atoms with Crippen molar-refractivity contribution >= 4 is 28.2 Å². The van der Waals surface area contributed by atoms with E-state index in [0.717, 1.165) is 27.8 Å². The van der Waals surface area contributed by atoms with Gasteiger partial charge in [0.25, 0.3) is 0 Å². The third-order valence-electron chi connectivity index (χ3n) is 3.13. The summed E-state index contributed by atoms with van der Waals surface area (Å²) in [5, 5.41) is 0. The van der Waals surface area contributed by atoms with Gasteiger partial charge in [-0.15, -0.1) is 0 Å². The summed E-state index contributed by atoms with van der Waals surface area (Å²) >= 11 is 5.13. The van der Waals surface area contributed by atoms with Crippen LogP contribution < -0.4 is 5.73 Å².